The lowest BCUT2D eigenvalue weighted by atomic mass is 10.1. The summed E-state index contributed by atoms with van der Waals surface area (Å²) in [6.45, 7) is 0.548. The summed E-state index contributed by atoms with van der Waals surface area (Å²) in [4.78, 5) is 22.4. The fourth-order valence-electron chi connectivity index (χ4n) is 1.93. The second-order valence-electron chi connectivity index (χ2n) is 4.56. The minimum absolute atomic E-state index is 0.112. The highest BCUT2D eigenvalue weighted by atomic mass is 16.6. The first kappa shape index (κ1) is 16.3. The molecule has 0 radical (unpaired) electrons. The number of nitrogens with one attached hydrogen (secondary N) is 1. The highest BCUT2D eigenvalue weighted by Gasteiger charge is 2.17. The normalized spacial score (nSPS) is 9.96. The van der Waals surface area contributed by atoms with Crippen LogP contribution in [0.1, 0.15) is 10.4 Å². The molecule has 1 amide bonds. The molecule has 0 unspecified atom stereocenters. The predicted octanol–water partition coefficient (Wildman–Crippen LogP) is 2.41. The van der Waals surface area contributed by atoms with Crippen LogP contribution in [-0.4, -0.2) is 31.1 Å². The van der Waals surface area contributed by atoms with Crippen LogP contribution in [0.25, 0.3) is 0 Å². The Kier molecular flexibility index (Phi) is 5.51. The third kappa shape index (κ3) is 4.44. The van der Waals surface area contributed by atoms with E-state index in [1.54, 1.807) is 0 Å². The molecule has 0 bridgehead atoms. The molecule has 0 aliphatic heterocycles. The summed E-state index contributed by atoms with van der Waals surface area (Å²) >= 11 is 0. The van der Waals surface area contributed by atoms with Crippen molar-refractivity contribution in [2.75, 3.05) is 20.3 Å². The molecule has 0 saturated carbocycles. The van der Waals surface area contributed by atoms with Crippen molar-refractivity contribution in [2.24, 2.45) is 0 Å². The van der Waals surface area contributed by atoms with Crippen LogP contribution >= 0.6 is 0 Å². The molecule has 0 atom stereocenters. The number of methoxy groups -OCH3 is 1. The number of nitro groups is 1. The summed E-state index contributed by atoms with van der Waals surface area (Å²) in [5.41, 5.74) is -0.0575. The molecule has 120 valence electrons. The summed E-state index contributed by atoms with van der Waals surface area (Å²) in [5.74, 6) is 0.522. The van der Waals surface area contributed by atoms with E-state index in [-0.39, 0.29) is 30.2 Å². The van der Waals surface area contributed by atoms with Crippen LogP contribution < -0.4 is 14.8 Å². The maximum atomic E-state index is 12.1. The summed E-state index contributed by atoms with van der Waals surface area (Å²) in [5, 5.41) is 13.4. The molecule has 0 aliphatic carbocycles. The van der Waals surface area contributed by atoms with Crippen molar-refractivity contribution in [3.63, 3.8) is 0 Å². The van der Waals surface area contributed by atoms with Gasteiger partial charge < -0.3 is 14.8 Å². The highest BCUT2D eigenvalue weighted by Crippen LogP contribution is 2.23. The standard InChI is InChI=1S/C16H16N2O5/c1-22-15-8-7-12(18(20)21)11-14(15)16(19)17-9-10-23-13-5-3-2-4-6-13/h2-8,11H,9-10H2,1H3,(H,17,19). The van der Waals surface area contributed by atoms with Gasteiger partial charge in [0.2, 0.25) is 0 Å². The Bertz CT molecular complexity index is 688. The van der Waals surface area contributed by atoms with E-state index in [1.165, 1.54) is 25.3 Å². The molecule has 7 nitrogen and oxygen atoms in total. The molecule has 0 aliphatic rings. The molecule has 0 saturated heterocycles. The summed E-state index contributed by atoms with van der Waals surface area (Å²) < 4.78 is 10.5. The number of ether oxygens (including phenoxy) is 2. The largest absolute Gasteiger partial charge is 0.496 e. The van der Waals surface area contributed by atoms with Crippen molar-refractivity contribution in [2.45, 2.75) is 0 Å². The Labute approximate surface area is 133 Å². The Morgan fingerprint density at radius 3 is 2.61 bits per heavy atom. The van der Waals surface area contributed by atoms with E-state index in [9.17, 15) is 14.9 Å². The molecule has 2 aromatic rings. The van der Waals surface area contributed by atoms with Crippen molar-refractivity contribution in [1.82, 2.24) is 5.32 Å². The van der Waals surface area contributed by atoms with E-state index in [2.05, 4.69) is 5.32 Å². The number of hydrogen-bond acceptors (Lipinski definition) is 5. The number of nitro benzene ring substituents is 1. The van der Waals surface area contributed by atoms with Gasteiger partial charge in [-0.25, -0.2) is 0 Å². The molecule has 7 heteroatoms. The number of para-hydroxylation sites is 1. The summed E-state index contributed by atoms with van der Waals surface area (Å²) in [7, 11) is 1.40. The van der Waals surface area contributed by atoms with E-state index in [0.29, 0.717) is 5.75 Å². The minimum Gasteiger partial charge on any atom is -0.496 e. The number of carbonyl (C=O) groups is 1. The Balaban J connectivity index is 1.94. The number of carbonyl (C=O) groups excluding carboxylic acids is 1. The van der Waals surface area contributed by atoms with Gasteiger partial charge in [-0.1, -0.05) is 18.2 Å². The number of rotatable bonds is 7. The van der Waals surface area contributed by atoms with Gasteiger partial charge in [0.15, 0.2) is 0 Å². The molecule has 1 N–H and O–H groups in total. The fourth-order valence-corrected chi connectivity index (χ4v) is 1.93. The monoisotopic (exact) mass is 316 g/mol. The molecule has 0 fully saturated rings. The van der Waals surface area contributed by atoms with Crippen LogP contribution in [0, 0.1) is 10.1 Å². The first-order valence-corrected chi connectivity index (χ1v) is 6.90. The highest BCUT2D eigenvalue weighted by molar-refractivity contribution is 5.97. The number of non-ortho nitro benzene ring substituents is 1. The van der Waals surface area contributed by atoms with Crippen LogP contribution in [0.5, 0.6) is 11.5 Å². The van der Waals surface area contributed by atoms with E-state index < -0.39 is 10.8 Å². The number of nitrogens with zero attached hydrogens (tertiary/aromatic N) is 1. The Morgan fingerprint density at radius 1 is 1.22 bits per heavy atom. The maximum absolute atomic E-state index is 12.1. The molecule has 23 heavy (non-hydrogen) atoms. The molecular weight excluding hydrogens is 300 g/mol. The summed E-state index contributed by atoms with van der Waals surface area (Å²) in [6, 6.07) is 13.1. The van der Waals surface area contributed by atoms with E-state index in [4.69, 9.17) is 9.47 Å². The molecule has 0 spiro atoms. The van der Waals surface area contributed by atoms with Crippen LogP contribution in [0.3, 0.4) is 0 Å². The van der Waals surface area contributed by atoms with E-state index in [0.717, 1.165) is 0 Å². The zero-order valence-electron chi connectivity index (χ0n) is 12.5. The van der Waals surface area contributed by atoms with Crippen molar-refractivity contribution in [3.05, 3.63) is 64.2 Å². The number of benzene rings is 2. The minimum atomic E-state index is -0.561. The zero-order chi connectivity index (χ0) is 16.7. The fraction of sp³-hybridized carbons (Fsp3) is 0.188. The third-order valence-corrected chi connectivity index (χ3v) is 3.04. The number of hydrogen-bond donors (Lipinski definition) is 1. The average molecular weight is 316 g/mol. The quantitative estimate of drug-likeness (QED) is 0.481. The third-order valence-electron chi connectivity index (χ3n) is 3.04. The molecule has 0 aromatic heterocycles. The predicted molar refractivity (Wildman–Crippen MR) is 83.9 cm³/mol. The first-order valence-electron chi connectivity index (χ1n) is 6.90. The van der Waals surface area contributed by atoms with E-state index in [1.807, 2.05) is 30.3 Å². The molecular formula is C16H16N2O5. The maximum Gasteiger partial charge on any atom is 0.270 e. The van der Waals surface area contributed by atoms with Gasteiger partial charge in [0.05, 0.1) is 24.1 Å². The molecule has 0 heterocycles. The van der Waals surface area contributed by atoms with Crippen LogP contribution in [-0.2, 0) is 0 Å². The Morgan fingerprint density at radius 2 is 1.96 bits per heavy atom. The summed E-state index contributed by atoms with van der Waals surface area (Å²) in [6.07, 6.45) is 0. The molecule has 2 aromatic carbocycles. The average Bonchev–Trinajstić information content (AvgIpc) is 2.58. The van der Waals surface area contributed by atoms with Gasteiger partial charge >= 0.3 is 0 Å². The van der Waals surface area contributed by atoms with Gasteiger partial charge in [-0.3, -0.25) is 14.9 Å². The van der Waals surface area contributed by atoms with Crippen LogP contribution in [0.15, 0.2) is 48.5 Å². The lowest BCUT2D eigenvalue weighted by Gasteiger charge is -2.10. The van der Waals surface area contributed by atoms with Gasteiger partial charge in [0.1, 0.15) is 18.1 Å². The SMILES string of the molecule is COc1ccc([N+](=O)[O-])cc1C(=O)NCCOc1ccccc1. The Hall–Kier alpha value is -3.09. The topological polar surface area (TPSA) is 90.7 Å². The van der Waals surface area contributed by atoms with E-state index >= 15 is 0 Å². The number of amides is 1. The second kappa shape index (κ2) is 7.79. The van der Waals surface area contributed by atoms with Crippen molar-refractivity contribution >= 4 is 11.6 Å². The van der Waals surface area contributed by atoms with Gasteiger partial charge in [-0.05, 0) is 18.2 Å². The second-order valence-corrected chi connectivity index (χ2v) is 4.56. The lowest BCUT2D eigenvalue weighted by Crippen LogP contribution is -2.28. The van der Waals surface area contributed by atoms with Gasteiger partial charge in [-0.15, -0.1) is 0 Å². The van der Waals surface area contributed by atoms with Crippen LogP contribution in [0.2, 0.25) is 0 Å². The van der Waals surface area contributed by atoms with Gasteiger partial charge in [-0.2, -0.15) is 0 Å². The first-order chi connectivity index (χ1) is 11.1. The van der Waals surface area contributed by atoms with Gasteiger partial charge in [0, 0.05) is 12.1 Å². The van der Waals surface area contributed by atoms with Gasteiger partial charge in [0.25, 0.3) is 11.6 Å². The lowest BCUT2D eigenvalue weighted by molar-refractivity contribution is -0.384. The van der Waals surface area contributed by atoms with Crippen LogP contribution in [0.4, 0.5) is 5.69 Å². The molecule has 2 rings (SSSR count). The zero-order valence-corrected chi connectivity index (χ0v) is 12.5. The smallest absolute Gasteiger partial charge is 0.270 e. The van der Waals surface area contributed by atoms with Crippen molar-refractivity contribution < 1.29 is 19.2 Å². The van der Waals surface area contributed by atoms with Crippen molar-refractivity contribution in [1.29, 1.82) is 0 Å². The van der Waals surface area contributed by atoms with Crippen molar-refractivity contribution in [3.8, 4) is 11.5 Å².